The molecular formula is C25H33N3O4S. The lowest BCUT2D eigenvalue weighted by Crippen LogP contribution is -2.39. The van der Waals surface area contributed by atoms with Crippen molar-refractivity contribution in [2.75, 3.05) is 37.6 Å². The van der Waals surface area contributed by atoms with Crippen molar-refractivity contribution in [1.29, 1.82) is 0 Å². The first-order chi connectivity index (χ1) is 15.9. The highest BCUT2D eigenvalue weighted by Crippen LogP contribution is 2.32. The van der Waals surface area contributed by atoms with Crippen molar-refractivity contribution < 1.29 is 18.3 Å². The van der Waals surface area contributed by atoms with Crippen molar-refractivity contribution >= 4 is 21.6 Å². The molecule has 0 spiro atoms. The third-order valence-corrected chi connectivity index (χ3v) is 8.38. The van der Waals surface area contributed by atoms with Crippen molar-refractivity contribution in [1.82, 2.24) is 9.21 Å². The number of fused-ring (bicyclic) bond motifs is 1. The summed E-state index contributed by atoms with van der Waals surface area (Å²) in [6.45, 7) is 5.27. The average molecular weight is 472 g/mol. The topological polar surface area (TPSA) is 81.2 Å². The molecule has 2 aromatic carbocycles. The number of sulfonamides is 1. The normalized spacial score (nSPS) is 16.8. The first-order valence-corrected chi connectivity index (χ1v) is 13.3. The summed E-state index contributed by atoms with van der Waals surface area (Å²) in [7, 11) is -3.49. The van der Waals surface area contributed by atoms with Crippen LogP contribution in [0.1, 0.15) is 43.7 Å². The van der Waals surface area contributed by atoms with E-state index in [9.17, 15) is 18.3 Å². The van der Waals surface area contributed by atoms with Gasteiger partial charge in [-0.3, -0.25) is 9.69 Å². The van der Waals surface area contributed by atoms with Gasteiger partial charge in [-0.15, -0.1) is 0 Å². The highest BCUT2D eigenvalue weighted by molar-refractivity contribution is 7.89. The van der Waals surface area contributed by atoms with E-state index < -0.39 is 10.0 Å². The summed E-state index contributed by atoms with van der Waals surface area (Å²) in [6, 6.07) is 12.4. The SMILES string of the molecule is CCCN(CC(=O)N1CCc2cc(S(=O)(=O)N3CCCCC3)ccc21)Cc1ccccc1O. The molecule has 2 aliphatic heterocycles. The van der Waals surface area contributed by atoms with Gasteiger partial charge in [0, 0.05) is 37.4 Å². The molecule has 1 fully saturated rings. The molecule has 7 nitrogen and oxygen atoms in total. The summed E-state index contributed by atoms with van der Waals surface area (Å²) in [4.78, 5) is 17.3. The maximum absolute atomic E-state index is 13.2. The molecule has 33 heavy (non-hydrogen) atoms. The Morgan fingerprint density at radius 3 is 2.55 bits per heavy atom. The molecule has 0 unspecified atom stereocenters. The summed E-state index contributed by atoms with van der Waals surface area (Å²) in [5.74, 6) is 0.226. The predicted molar refractivity (Wildman–Crippen MR) is 129 cm³/mol. The molecule has 2 aromatic rings. The number of carbonyl (C=O) groups is 1. The Morgan fingerprint density at radius 2 is 1.82 bits per heavy atom. The second kappa shape index (κ2) is 10.2. The van der Waals surface area contributed by atoms with E-state index >= 15 is 0 Å². The fraction of sp³-hybridized carbons (Fsp3) is 0.480. The van der Waals surface area contributed by atoms with Crippen LogP contribution in [0.3, 0.4) is 0 Å². The number of carbonyl (C=O) groups excluding carboxylic acids is 1. The highest BCUT2D eigenvalue weighted by atomic mass is 32.2. The number of hydrogen-bond acceptors (Lipinski definition) is 5. The zero-order chi connectivity index (χ0) is 23.4. The van der Waals surface area contributed by atoms with Gasteiger partial charge in [0.15, 0.2) is 0 Å². The van der Waals surface area contributed by atoms with Crippen molar-refractivity contribution in [2.45, 2.75) is 50.5 Å². The Kier molecular flexibility index (Phi) is 7.36. The van der Waals surface area contributed by atoms with Gasteiger partial charge in [0.25, 0.3) is 0 Å². The van der Waals surface area contributed by atoms with Crippen LogP contribution in [-0.4, -0.2) is 61.4 Å². The van der Waals surface area contributed by atoms with Crippen molar-refractivity contribution in [3.05, 3.63) is 53.6 Å². The molecule has 4 rings (SSSR count). The van der Waals surface area contributed by atoms with Crippen LogP contribution in [0.25, 0.3) is 0 Å². The van der Waals surface area contributed by atoms with E-state index in [1.165, 1.54) is 0 Å². The third-order valence-electron chi connectivity index (χ3n) is 6.48. The number of phenols is 1. The van der Waals surface area contributed by atoms with E-state index in [0.29, 0.717) is 37.5 Å². The molecule has 1 amide bonds. The number of anilines is 1. The van der Waals surface area contributed by atoms with Gasteiger partial charge in [-0.2, -0.15) is 4.31 Å². The molecule has 0 saturated carbocycles. The lowest BCUT2D eigenvalue weighted by Gasteiger charge is -2.26. The van der Waals surface area contributed by atoms with Gasteiger partial charge < -0.3 is 10.0 Å². The minimum Gasteiger partial charge on any atom is -0.508 e. The second-order valence-corrected chi connectivity index (χ2v) is 10.8. The lowest BCUT2D eigenvalue weighted by molar-refractivity contribution is -0.119. The fourth-order valence-electron chi connectivity index (χ4n) is 4.74. The zero-order valence-electron chi connectivity index (χ0n) is 19.2. The summed E-state index contributed by atoms with van der Waals surface area (Å²) in [5.41, 5.74) is 2.51. The van der Waals surface area contributed by atoms with E-state index in [-0.39, 0.29) is 18.2 Å². The summed E-state index contributed by atoms with van der Waals surface area (Å²) >= 11 is 0. The van der Waals surface area contributed by atoms with Gasteiger partial charge in [0.05, 0.1) is 11.4 Å². The monoisotopic (exact) mass is 471 g/mol. The Labute approximate surface area is 196 Å². The van der Waals surface area contributed by atoms with Crippen LogP contribution in [0.15, 0.2) is 47.4 Å². The molecule has 2 heterocycles. The number of nitrogens with zero attached hydrogens (tertiary/aromatic N) is 3. The first kappa shape index (κ1) is 23.7. The molecule has 0 aromatic heterocycles. The van der Waals surface area contributed by atoms with Crippen LogP contribution >= 0.6 is 0 Å². The van der Waals surface area contributed by atoms with E-state index in [0.717, 1.165) is 49.0 Å². The highest BCUT2D eigenvalue weighted by Gasteiger charge is 2.30. The van der Waals surface area contributed by atoms with E-state index in [1.54, 1.807) is 39.5 Å². The Bertz CT molecular complexity index is 1100. The molecule has 1 saturated heterocycles. The third kappa shape index (κ3) is 5.23. The standard InChI is InChI=1S/C25H33N3O4S/c1-2-13-26(18-21-8-4-5-9-24(21)29)19-25(30)28-16-12-20-17-22(10-11-23(20)28)33(31,32)27-14-6-3-7-15-27/h4-5,8-11,17,29H,2-3,6-7,12-16,18-19H2,1H3. The predicted octanol–water partition coefficient (Wildman–Crippen LogP) is 3.37. The zero-order valence-corrected chi connectivity index (χ0v) is 20.1. The van der Waals surface area contributed by atoms with Crippen LogP contribution in [0.4, 0.5) is 5.69 Å². The number of aromatic hydroxyl groups is 1. The maximum Gasteiger partial charge on any atom is 0.243 e. The van der Waals surface area contributed by atoms with Crippen molar-refractivity contribution in [3.63, 3.8) is 0 Å². The largest absolute Gasteiger partial charge is 0.508 e. The second-order valence-electron chi connectivity index (χ2n) is 8.89. The summed E-state index contributed by atoms with van der Waals surface area (Å²) < 4.78 is 27.7. The van der Waals surface area contributed by atoms with E-state index in [4.69, 9.17) is 0 Å². The fourth-order valence-corrected chi connectivity index (χ4v) is 6.31. The number of rotatable bonds is 8. The Balaban J connectivity index is 1.47. The van der Waals surface area contributed by atoms with Gasteiger partial charge in [0.1, 0.15) is 5.75 Å². The summed E-state index contributed by atoms with van der Waals surface area (Å²) in [5, 5.41) is 10.1. The van der Waals surface area contributed by atoms with E-state index in [1.807, 2.05) is 17.0 Å². The first-order valence-electron chi connectivity index (χ1n) is 11.8. The quantitative estimate of drug-likeness (QED) is 0.639. The van der Waals surface area contributed by atoms with Crippen LogP contribution in [0.2, 0.25) is 0 Å². The molecule has 2 aliphatic rings. The van der Waals surface area contributed by atoms with Crippen LogP contribution < -0.4 is 4.90 Å². The minimum atomic E-state index is -3.49. The molecule has 0 bridgehead atoms. The minimum absolute atomic E-state index is 0.00995. The number of piperidine rings is 1. The maximum atomic E-state index is 13.2. The number of amides is 1. The molecule has 8 heteroatoms. The average Bonchev–Trinajstić information content (AvgIpc) is 3.25. The number of benzene rings is 2. The summed E-state index contributed by atoms with van der Waals surface area (Å²) in [6.07, 6.45) is 4.43. The molecule has 1 N–H and O–H groups in total. The number of para-hydroxylation sites is 1. The van der Waals surface area contributed by atoms with Crippen molar-refractivity contribution in [2.24, 2.45) is 0 Å². The molecule has 178 valence electrons. The number of hydrogen-bond donors (Lipinski definition) is 1. The van der Waals surface area contributed by atoms with Gasteiger partial charge in [-0.1, -0.05) is 31.5 Å². The van der Waals surface area contributed by atoms with Gasteiger partial charge in [0.2, 0.25) is 15.9 Å². The smallest absolute Gasteiger partial charge is 0.243 e. The Morgan fingerprint density at radius 1 is 1.06 bits per heavy atom. The molecule has 0 atom stereocenters. The van der Waals surface area contributed by atoms with Crippen LogP contribution in [0.5, 0.6) is 5.75 Å². The van der Waals surface area contributed by atoms with Crippen LogP contribution in [-0.2, 0) is 27.8 Å². The number of phenolic OH excluding ortho intramolecular Hbond substituents is 1. The van der Waals surface area contributed by atoms with E-state index in [2.05, 4.69) is 6.92 Å². The Hall–Kier alpha value is -2.42. The lowest BCUT2D eigenvalue weighted by atomic mass is 10.1. The van der Waals surface area contributed by atoms with Gasteiger partial charge >= 0.3 is 0 Å². The van der Waals surface area contributed by atoms with Crippen molar-refractivity contribution in [3.8, 4) is 5.75 Å². The van der Waals surface area contributed by atoms with Crippen LogP contribution in [0, 0.1) is 0 Å². The molecular weight excluding hydrogens is 438 g/mol. The molecule has 0 radical (unpaired) electrons. The van der Waals surface area contributed by atoms with Gasteiger partial charge in [-0.25, -0.2) is 8.42 Å². The molecule has 0 aliphatic carbocycles. The van der Waals surface area contributed by atoms with Gasteiger partial charge in [-0.05, 0) is 62.1 Å².